The summed E-state index contributed by atoms with van der Waals surface area (Å²) in [4.78, 5) is 13.6. The number of likely N-dealkylation sites (tertiary alicyclic amines) is 1. The summed E-state index contributed by atoms with van der Waals surface area (Å²) in [6, 6.07) is 0. The Morgan fingerprint density at radius 1 is 1.18 bits per heavy atom. The SMILES string of the molecule is CCOP(=O)(OCC)C1(N)CCN(C(=O)OC(C)(C)C)CC1. The summed E-state index contributed by atoms with van der Waals surface area (Å²) in [5, 5.41) is -1.06. The summed E-state index contributed by atoms with van der Waals surface area (Å²) in [7, 11) is -3.41. The zero-order chi connectivity index (χ0) is 17.0. The number of carbonyl (C=O) groups is 1. The molecule has 0 saturated carbocycles. The van der Waals surface area contributed by atoms with E-state index in [0.717, 1.165) is 0 Å². The number of hydrogen-bond acceptors (Lipinski definition) is 6. The van der Waals surface area contributed by atoms with Crippen molar-refractivity contribution in [2.45, 2.75) is 58.3 Å². The topological polar surface area (TPSA) is 91.1 Å². The van der Waals surface area contributed by atoms with Crippen LogP contribution in [0, 0.1) is 0 Å². The molecule has 22 heavy (non-hydrogen) atoms. The number of rotatable bonds is 5. The number of ether oxygens (including phenoxy) is 1. The molecule has 1 rings (SSSR count). The molecule has 0 unspecified atom stereocenters. The molecule has 0 radical (unpaired) electrons. The van der Waals surface area contributed by atoms with Crippen molar-refractivity contribution in [1.82, 2.24) is 4.90 Å². The van der Waals surface area contributed by atoms with Gasteiger partial charge in [-0.3, -0.25) is 4.57 Å². The molecule has 0 aliphatic carbocycles. The van der Waals surface area contributed by atoms with Gasteiger partial charge in [-0.15, -0.1) is 0 Å². The molecule has 1 amide bonds. The second kappa shape index (κ2) is 7.30. The third-order valence-corrected chi connectivity index (χ3v) is 6.16. The van der Waals surface area contributed by atoms with Gasteiger partial charge in [0, 0.05) is 13.1 Å². The van der Waals surface area contributed by atoms with Gasteiger partial charge in [0.2, 0.25) is 0 Å². The van der Waals surface area contributed by atoms with E-state index in [2.05, 4.69) is 0 Å². The van der Waals surface area contributed by atoms with Crippen molar-refractivity contribution in [3.8, 4) is 0 Å². The zero-order valence-electron chi connectivity index (χ0n) is 14.3. The van der Waals surface area contributed by atoms with Gasteiger partial charge < -0.3 is 24.4 Å². The quantitative estimate of drug-likeness (QED) is 0.776. The molecule has 130 valence electrons. The van der Waals surface area contributed by atoms with E-state index in [1.54, 1.807) is 18.7 Å². The van der Waals surface area contributed by atoms with Gasteiger partial charge in [-0.25, -0.2) is 4.79 Å². The van der Waals surface area contributed by atoms with Crippen LogP contribution in [-0.4, -0.2) is 48.2 Å². The molecule has 1 aliphatic heterocycles. The van der Waals surface area contributed by atoms with E-state index in [9.17, 15) is 9.36 Å². The lowest BCUT2D eigenvalue weighted by molar-refractivity contribution is 0.0182. The van der Waals surface area contributed by atoms with Gasteiger partial charge in [0.1, 0.15) is 10.9 Å². The Labute approximate surface area is 133 Å². The minimum absolute atomic E-state index is 0.270. The van der Waals surface area contributed by atoms with Crippen molar-refractivity contribution in [2.75, 3.05) is 26.3 Å². The van der Waals surface area contributed by atoms with Gasteiger partial charge in [0.25, 0.3) is 0 Å². The van der Waals surface area contributed by atoms with Gasteiger partial charge >= 0.3 is 13.7 Å². The average molecular weight is 336 g/mol. The maximum absolute atomic E-state index is 12.9. The number of hydrogen-bond donors (Lipinski definition) is 1. The first-order valence-corrected chi connectivity index (χ1v) is 9.27. The van der Waals surface area contributed by atoms with Crippen molar-refractivity contribution >= 4 is 13.7 Å². The van der Waals surface area contributed by atoms with Crippen molar-refractivity contribution in [1.29, 1.82) is 0 Å². The standard InChI is InChI=1S/C14H29N2O5P/c1-6-19-22(18,20-7-2)14(15)8-10-16(11-9-14)12(17)21-13(3,4)5/h6-11,15H2,1-5H3. The highest BCUT2D eigenvalue weighted by Crippen LogP contribution is 2.61. The zero-order valence-corrected chi connectivity index (χ0v) is 15.2. The number of carbonyl (C=O) groups excluding carboxylic acids is 1. The second-order valence-corrected chi connectivity index (χ2v) is 8.81. The van der Waals surface area contributed by atoms with Crippen molar-refractivity contribution in [2.24, 2.45) is 5.73 Å². The van der Waals surface area contributed by atoms with E-state index >= 15 is 0 Å². The fourth-order valence-electron chi connectivity index (χ4n) is 2.31. The second-order valence-electron chi connectivity index (χ2n) is 6.40. The molecule has 0 spiro atoms. The van der Waals surface area contributed by atoms with Crippen molar-refractivity contribution in [3.05, 3.63) is 0 Å². The lowest BCUT2D eigenvalue weighted by Gasteiger charge is -2.42. The largest absolute Gasteiger partial charge is 0.444 e. The minimum Gasteiger partial charge on any atom is -0.444 e. The Morgan fingerprint density at radius 3 is 2.00 bits per heavy atom. The molecular formula is C14H29N2O5P. The maximum atomic E-state index is 12.9. The van der Waals surface area contributed by atoms with Crippen LogP contribution in [0.4, 0.5) is 4.79 Å². The number of nitrogens with two attached hydrogens (primary N) is 1. The van der Waals surface area contributed by atoms with Crippen LogP contribution in [0.3, 0.4) is 0 Å². The van der Waals surface area contributed by atoms with Crippen LogP contribution in [0.1, 0.15) is 47.5 Å². The van der Waals surface area contributed by atoms with Gasteiger partial charge in [-0.2, -0.15) is 0 Å². The first-order chi connectivity index (χ1) is 10.1. The molecule has 0 bridgehead atoms. The molecule has 0 aromatic rings. The highest BCUT2D eigenvalue weighted by atomic mass is 31.2. The summed E-state index contributed by atoms with van der Waals surface area (Å²) in [6.07, 6.45) is 0.324. The van der Waals surface area contributed by atoms with Crippen LogP contribution in [0.25, 0.3) is 0 Å². The molecule has 1 fully saturated rings. The van der Waals surface area contributed by atoms with Crippen molar-refractivity contribution < 1.29 is 23.1 Å². The van der Waals surface area contributed by atoms with E-state index in [1.807, 2.05) is 20.8 Å². The molecule has 1 heterocycles. The molecule has 2 N–H and O–H groups in total. The summed E-state index contributed by atoms with van der Waals surface area (Å²) in [6.45, 7) is 10.3. The Kier molecular flexibility index (Phi) is 6.45. The van der Waals surface area contributed by atoms with Gasteiger partial charge in [-0.05, 0) is 47.5 Å². The summed E-state index contributed by atoms with van der Waals surface area (Å²) >= 11 is 0. The molecule has 0 aromatic heterocycles. The van der Waals surface area contributed by atoms with E-state index in [4.69, 9.17) is 19.5 Å². The molecule has 7 nitrogen and oxygen atoms in total. The summed E-state index contributed by atoms with van der Waals surface area (Å²) in [5.74, 6) is 0. The Morgan fingerprint density at radius 2 is 1.64 bits per heavy atom. The first-order valence-electron chi connectivity index (χ1n) is 7.73. The predicted octanol–water partition coefficient (Wildman–Crippen LogP) is 2.94. The van der Waals surface area contributed by atoms with E-state index in [-0.39, 0.29) is 19.3 Å². The van der Waals surface area contributed by atoms with Gasteiger partial charge in [-0.1, -0.05) is 0 Å². The lowest BCUT2D eigenvalue weighted by Crippen LogP contribution is -2.52. The van der Waals surface area contributed by atoms with E-state index in [1.165, 1.54) is 0 Å². The number of piperidine rings is 1. The molecule has 0 atom stereocenters. The maximum Gasteiger partial charge on any atom is 0.410 e. The molecule has 1 aliphatic rings. The Balaban J connectivity index is 2.73. The summed E-state index contributed by atoms with van der Waals surface area (Å²) in [5.41, 5.74) is 5.77. The van der Waals surface area contributed by atoms with Crippen molar-refractivity contribution in [3.63, 3.8) is 0 Å². The lowest BCUT2D eigenvalue weighted by atomic mass is 10.1. The minimum atomic E-state index is -3.41. The van der Waals surface area contributed by atoms with E-state index < -0.39 is 18.5 Å². The highest BCUT2D eigenvalue weighted by Gasteiger charge is 2.50. The van der Waals surface area contributed by atoms with Crippen LogP contribution in [-0.2, 0) is 18.3 Å². The molecule has 8 heteroatoms. The van der Waals surface area contributed by atoms with Crippen LogP contribution in [0.15, 0.2) is 0 Å². The van der Waals surface area contributed by atoms with Crippen LogP contribution >= 0.6 is 7.60 Å². The Hall–Kier alpha value is -0.620. The van der Waals surface area contributed by atoms with Crippen LogP contribution < -0.4 is 5.73 Å². The van der Waals surface area contributed by atoms with Crippen LogP contribution in [0.2, 0.25) is 0 Å². The number of nitrogens with zero attached hydrogens (tertiary/aromatic N) is 1. The predicted molar refractivity (Wildman–Crippen MR) is 84.8 cm³/mol. The monoisotopic (exact) mass is 336 g/mol. The molecule has 0 aromatic carbocycles. The van der Waals surface area contributed by atoms with Gasteiger partial charge in [0.15, 0.2) is 0 Å². The van der Waals surface area contributed by atoms with Gasteiger partial charge in [0.05, 0.1) is 13.2 Å². The molecular weight excluding hydrogens is 307 g/mol. The summed E-state index contributed by atoms with van der Waals surface area (Å²) < 4.78 is 29.0. The molecule has 1 saturated heterocycles. The normalized spacial score (nSPS) is 19.1. The average Bonchev–Trinajstić information content (AvgIpc) is 2.37. The third-order valence-electron chi connectivity index (χ3n) is 3.42. The third kappa shape index (κ3) is 4.69. The number of amides is 1. The fraction of sp³-hybridized carbons (Fsp3) is 0.929. The van der Waals surface area contributed by atoms with E-state index in [0.29, 0.717) is 25.9 Å². The highest BCUT2D eigenvalue weighted by molar-refractivity contribution is 7.55. The fourth-order valence-corrected chi connectivity index (χ4v) is 4.33. The first kappa shape index (κ1) is 19.4. The Bertz CT molecular complexity index is 417. The van der Waals surface area contributed by atoms with Crippen LogP contribution in [0.5, 0.6) is 0 Å². The smallest absolute Gasteiger partial charge is 0.410 e.